The summed E-state index contributed by atoms with van der Waals surface area (Å²) in [6, 6.07) is -0.731. The van der Waals surface area contributed by atoms with Crippen LogP contribution in [0.1, 0.15) is 6.92 Å². The van der Waals surface area contributed by atoms with Crippen LogP contribution >= 0.6 is 0 Å². The molecule has 0 aliphatic carbocycles. The third-order valence-corrected chi connectivity index (χ3v) is 0.390. The lowest BCUT2D eigenvalue weighted by Gasteiger charge is -1.90. The Morgan fingerprint density at radius 2 is 2.17 bits per heavy atom. The first-order chi connectivity index (χ1) is 2.64. The van der Waals surface area contributed by atoms with Crippen molar-refractivity contribution in [3.05, 3.63) is 0 Å². The number of rotatable bonds is 1. The van der Waals surface area contributed by atoms with Crippen LogP contribution in [0.3, 0.4) is 0 Å². The highest BCUT2D eigenvalue weighted by Crippen LogP contribution is 1.68. The second kappa shape index (κ2) is 1.77. The van der Waals surface area contributed by atoms with E-state index in [2.05, 4.69) is 0 Å². The fourth-order valence-electron chi connectivity index (χ4n) is 0. The number of hydrogen-bond donors (Lipinski definition) is 2. The molecular formula is C3H7NO2. The third-order valence-electron chi connectivity index (χ3n) is 0.390. The van der Waals surface area contributed by atoms with Crippen molar-refractivity contribution in [1.29, 1.82) is 0 Å². The zero-order chi connectivity index (χ0) is 5.15. The molecule has 0 saturated carbocycles. The highest BCUT2D eigenvalue weighted by atomic mass is 16.4. The molecule has 0 aromatic heterocycles. The lowest BCUT2D eigenvalue weighted by Crippen LogP contribution is -2.25. The van der Waals surface area contributed by atoms with E-state index in [1.807, 2.05) is 0 Å². The van der Waals surface area contributed by atoms with E-state index in [4.69, 9.17) is 10.8 Å². The number of nitrogens with two attached hydrogens (primary N) is 1. The minimum Gasteiger partial charge on any atom is -0.480 e. The summed E-state index contributed by atoms with van der Waals surface area (Å²) in [7, 11) is 0. The predicted octanol–water partition coefficient (Wildman–Crippen LogP) is -0.582. The van der Waals surface area contributed by atoms with Crippen LogP contribution in [0.15, 0.2) is 0 Å². The van der Waals surface area contributed by atoms with E-state index in [1.165, 1.54) is 6.92 Å². The lowest BCUT2D eigenvalue weighted by molar-refractivity contribution is -0.138. The molecule has 0 aromatic rings. The van der Waals surface area contributed by atoms with E-state index in [0.717, 1.165) is 0 Å². The van der Waals surface area contributed by atoms with Gasteiger partial charge in [-0.2, -0.15) is 0 Å². The van der Waals surface area contributed by atoms with Gasteiger partial charge in [0, 0.05) is 0 Å². The fourth-order valence-corrected chi connectivity index (χ4v) is 0. The molecule has 0 heterocycles. The molecule has 0 bridgehead atoms. The van der Waals surface area contributed by atoms with Gasteiger partial charge in [-0.1, -0.05) is 0 Å². The molecule has 0 aliphatic rings. The van der Waals surface area contributed by atoms with E-state index >= 15 is 0 Å². The maximum Gasteiger partial charge on any atom is 0.320 e. The van der Waals surface area contributed by atoms with Gasteiger partial charge in [-0.05, 0) is 6.92 Å². The molecule has 36 valence electrons. The Hall–Kier alpha value is -0.570. The Balaban J connectivity index is 3.26. The summed E-state index contributed by atoms with van der Waals surface area (Å²) in [5, 5.41) is 7.87. The van der Waals surface area contributed by atoms with Gasteiger partial charge in [-0.3, -0.25) is 4.79 Å². The van der Waals surface area contributed by atoms with Crippen LogP contribution in [-0.4, -0.2) is 17.1 Å². The number of carbonyl (C=O) groups is 1. The van der Waals surface area contributed by atoms with Crippen LogP contribution in [0.5, 0.6) is 0 Å². The second-order valence-corrected chi connectivity index (χ2v) is 1.13. The molecule has 0 fully saturated rings. The summed E-state index contributed by atoms with van der Waals surface area (Å²) in [5.41, 5.74) is 4.84. The zero-order valence-electron chi connectivity index (χ0n) is 3.51. The van der Waals surface area contributed by atoms with Crippen molar-refractivity contribution >= 4 is 5.97 Å². The smallest absolute Gasteiger partial charge is 0.320 e. The molecule has 0 unspecified atom stereocenters. The van der Waals surface area contributed by atoms with Crippen LogP contribution in [-0.2, 0) is 4.79 Å². The van der Waals surface area contributed by atoms with Crippen molar-refractivity contribution in [2.45, 2.75) is 13.0 Å². The average Bonchev–Trinajstić information content (AvgIpc) is 1.36. The van der Waals surface area contributed by atoms with E-state index in [0.29, 0.717) is 0 Å². The standard InChI is InChI=1S/C3H7NO2/c1-2(4)3(5)6/h2H,4H2,1H3,(H,5,6)/t2-/m0/s1/i4+2. The first kappa shape index (κ1) is 5.43. The van der Waals surface area contributed by atoms with Crippen LogP contribution in [0.25, 0.3) is 0 Å². The van der Waals surface area contributed by atoms with Crippen LogP contribution in [0.4, 0.5) is 0 Å². The van der Waals surface area contributed by atoms with Crippen LogP contribution in [0.2, 0.25) is 0 Å². The quantitative estimate of drug-likeness (QED) is 0.453. The summed E-state index contributed by atoms with van der Waals surface area (Å²) >= 11 is 0. The van der Waals surface area contributed by atoms with Crippen molar-refractivity contribution in [1.82, 2.24) is 0 Å². The van der Waals surface area contributed by atoms with E-state index in [9.17, 15) is 4.79 Å². The molecule has 0 aromatic carbocycles. The minimum absolute atomic E-state index is 0.731. The number of hydrogen-bond acceptors (Lipinski definition) is 2. The molecule has 0 rings (SSSR count). The monoisotopic (exact) mass is 91.1 g/mol. The second-order valence-electron chi connectivity index (χ2n) is 1.13. The summed E-state index contributed by atoms with van der Waals surface area (Å²) in [6.07, 6.45) is 0. The zero-order valence-corrected chi connectivity index (χ0v) is 3.51. The Kier molecular flexibility index (Phi) is 1.60. The maximum atomic E-state index is 9.57. The highest BCUT2D eigenvalue weighted by Gasteiger charge is 1.99. The van der Waals surface area contributed by atoms with Gasteiger partial charge in [0.25, 0.3) is 0 Å². The molecule has 0 aliphatic heterocycles. The SMILES string of the molecule is C[C@H]([16NH2])C(=O)O. The summed E-state index contributed by atoms with van der Waals surface area (Å²) in [5.74, 6) is -0.963. The molecule has 0 spiro atoms. The van der Waals surface area contributed by atoms with Gasteiger partial charge in [0.15, 0.2) is 0 Å². The Labute approximate surface area is 35.8 Å². The van der Waals surface area contributed by atoms with Crippen molar-refractivity contribution < 1.29 is 9.90 Å². The molecule has 1 atom stereocenters. The first-order valence-corrected chi connectivity index (χ1v) is 1.63. The Morgan fingerprint density at radius 3 is 2.17 bits per heavy atom. The topological polar surface area (TPSA) is 63.3 Å². The van der Waals surface area contributed by atoms with Gasteiger partial charge >= 0.3 is 5.97 Å². The Morgan fingerprint density at radius 1 is 2.00 bits per heavy atom. The number of aliphatic carboxylic acids is 1. The van der Waals surface area contributed by atoms with Gasteiger partial charge in [0.1, 0.15) is 6.04 Å². The van der Waals surface area contributed by atoms with Gasteiger partial charge < -0.3 is 10.8 Å². The highest BCUT2D eigenvalue weighted by molar-refractivity contribution is 5.72. The van der Waals surface area contributed by atoms with Crippen molar-refractivity contribution in [3.8, 4) is 0 Å². The van der Waals surface area contributed by atoms with Crippen LogP contribution in [0, 0.1) is 0 Å². The van der Waals surface area contributed by atoms with Crippen molar-refractivity contribution in [3.63, 3.8) is 0 Å². The van der Waals surface area contributed by atoms with Crippen molar-refractivity contribution in [2.24, 2.45) is 5.73 Å². The third kappa shape index (κ3) is 1.72. The molecule has 0 saturated heterocycles. The largest absolute Gasteiger partial charge is 0.480 e. The van der Waals surface area contributed by atoms with Crippen LogP contribution < -0.4 is 5.73 Å². The van der Waals surface area contributed by atoms with E-state index in [1.54, 1.807) is 0 Å². The van der Waals surface area contributed by atoms with Crippen molar-refractivity contribution in [2.75, 3.05) is 0 Å². The van der Waals surface area contributed by atoms with Gasteiger partial charge in [0.05, 0.1) is 0 Å². The molecule has 3 heteroatoms. The molecular weight excluding hydrogens is 84.0 g/mol. The number of carboxylic acid groups (broad SMARTS) is 1. The molecule has 0 amide bonds. The number of carboxylic acids is 1. The Bertz CT molecular complexity index is 59.8. The van der Waals surface area contributed by atoms with Gasteiger partial charge in [0.2, 0.25) is 0 Å². The summed E-state index contributed by atoms with van der Waals surface area (Å²) in [4.78, 5) is 9.57. The molecule has 3 N–H and O–H groups in total. The maximum absolute atomic E-state index is 9.57. The fraction of sp³-hybridized carbons (Fsp3) is 0.667. The van der Waals surface area contributed by atoms with Gasteiger partial charge in [-0.15, -0.1) is 0 Å². The lowest BCUT2D eigenvalue weighted by atomic mass is 10.4. The molecule has 3 nitrogen and oxygen atoms in total. The minimum atomic E-state index is -0.963. The normalized spacial score (nSPS) is 13.7. The molecule has 0 radical (unpaired) electrons. The predicted molar refractivity (Wildman–Crippen MR) is 21.3 cm³/mol. The average molecular weight is 91.1 g/mol. The summed E-state index contributed by atoms with van der Waals surface area (Å²) < 4.78 is 0. The van der Waals surface area contributed by atoms with E-state index in [-0.39, 0.29) is 0 Å². The van der Waals surface area contributed by atoms with Gasteiger partial charge in [-0.25, -0.2) is 0 Å². The first-order valence-electron chi connectivity index (χ1n) is 1.63. The molecule has 6 heavy (non-hydrogen) atoms. The summed E-state index contributed by atoms with van der Waals surface area (Å²) in [6.45, 7) is 1.42. The van der Waals surface area contributed by atoms with E-state index < -0.39 is 12.0 Å².